The lowest BCUT2D eigenvalue weighted by molar-refractivity contribution is 0.204. The van der Waals surface area contributed by atoms with E-state index >= 15 is 0 Å². The van der Waals surface area contributed by atoms with Gasteiger partial charge in [-0.05, 0) is 37.5 Å². The maximum Gasteiger partial charge on any atom is 0.240 e. The number of sulfonamides is 1. The van der Waals surface area contributed by atoms with Crippen molar-refractivity contribution in [1.82, 2.24) is 15.4 Å². The quantitative estimate of drug-likeness (QED) is 0.324. The van der Waals surface area contributed by atoms with Crippen molar-refractivity contribution in [2.24, 2.45) is 10.9 Å². The zero-order chi connectivity index (χ0) is 19.6. The van der Waals surface area contributed by atoms with E-state index in [1.807, 2.05) is 13.0 Å². The molecule has 0 spiro atoms. The number of guanidine groups is 1. The summed E-state index contributed by atoms with van der Waals surface area (Å²) in [7, 11) is -2.01. The fourth-order valence-electron chi connectivity index (χ4n) is 2.05. The summed E-state index contributed by atoms with van der Waals surface area (Å²) in [6, 6.07) is 7.10. The number of aliphatic imine (C=N–C) groups is 1. The van der Waals surface area contributed by atoms with Gasteiger partial charge >= 0.3 is 0 Å². The summed E-state index contributed by atoms with van der Waals surface area (Å²) in [4.78, 5) is 4.80. The zero-order valence-electron chi connectivity index (χ0n) is 16.4. The second kappa shape index (κ2) is 11.2. The van der Waals surface area contributed by atoms with E-state index in [9.17, 15) is 8.42 Å². The highest BCUT2D eigenvalue weighted by Crippen LogP contribution is 2.12. The Morgan fingerprint density at radius 1 is 1.27 bits per heavy atom. The van der Waals surface area contributed by atoms with Crippen LogP contribution in [0.2, 0.25) is 0 Å². The van der Waals surface area contributed by atoms with Crippen LogP contribution in [-0.4, -0.2) is 47.2 Å². The summed E-state index contributed by atoms with van der Waals surface area (Å²) in [5, 5.41) is 6.57. The molecule has 0 aliphatic rings. The van der Waals surface area contributed by atoms with E-state index in [0.29, 0.717) is 19.1 Å². The number of benzene rings is 1. The average Bonchev–Trinajstić information content (AvgIpc) is 2.60. The summed E-state index contributed by atoms with van der Waals surface area (Å²) in [6.45, 7) is 10.1. The van der Waals surface area contributed by atoms with E-state index in [1.165, 1.54) is 7.11 Å². The number of nitrogens with one attached hydrogen (secondary N) is 3. The van der Waals surface area contributed by atoms with Crippen LogP contribution in [-0.2, 0) is 21.3 Å². The van der Waals surface area contributed by atoms with Crippen molar-refractivity contribution >= 4 is 16.0 Å². The topological polar surface area (TPSA) is 91.8 Å². The van der Waals surface area contributed by atoms with Crippen LogP contribution >= 0.6 is 0 Å². The number of ether oxygens (including phenoxy) is 1. The zero-order valence-corrected chi connectivity index (χ0v) is 17.2. The van der Waals surface area contributed by atoms with Crippen LogP contribution in [0.5, 0.6) is 0 Å². The molecular formula is C18H32N4O3S. The first-order valence-electron chi connectivity index (χ1n) is 8.92. The Morgan fingerprint density at radius 2 is 2.00 bits per heavy atom. The second-order valence-electron chi connectivity index (χ2n) is 6.41. The van der Waals surface area contributed by atoms with Crippen LogP contribution in [0.25, 0.3) is 0 Å². The van der Waals surface area contributed by atoms with E-state index in [1.54, 1.807) is 18.2 Å². The molecule has 0 saturated carbocycles. The number of methoxy groups -OCH3 is 1. The van der Waals surface area contributed by atoms with Crippen LogP contribution < -0.4 is 15.4 Å². The van der Waals surface area contributed by atoms with Crippen LogP contribution in [0.3, 0.4) is 0 Å². The molecular weight excluding hydrogens is 352 g/mol. The third-order valence-electron chi connectivity index (χ3n) is 3.94. The minimum Gasteiger partial charge on any atom is -0.383 e. The molecule has 0 aliphatic heterocycles. The fraction of sp³-hybridized carbons (Fsp3) is 0.611. The molecule has 26 heavy (non-hydrogen) atoms. The molecule has 1 aromatic carbocycles. The average molecular weight is 385 g/mol. The van der Waals surface area contributed by atoms with E-state index in [4.69, 9.17) is 4.74 Å². The molecule has 1 rings (SSSR count). The Bertz CT molecular complexity index is 675. The Morgan fingerprint density at radius 3 is 2.62 bits per heavy atom. The first-order valence-corrected chi connectivity index (χ1v) is 10.4. The van der Waals surface area contributed by atoms with Gasteiger partial charge in [-0.25, -0.2) is 18.1 Å². The van der Waals surface area contributed by atoms with Gasteiger partial charge in [0, 0.05) is 26.2 Å². The standard InChI is InChI=1S/C18H32N4O3S/c1-6-19-18(22-15(4)14(2)3)20-13-16-8-7-9-17(12-16)26(23,24)21-10-11-25-5/h7-9,12,14-15,21H,6,10-11,13H2,1-5H3,(H2,19,20,22). The lowest BCUT2D eigenvalue weighted by atomic mass is 10.1. The molecule has 0 amide bonds. The Labute approximate surface area is 157 Å². The van der Waals surface area contributed by atoms with Crippen molar-refractivity contribution in [3.63, 3.8) is 0 Å². The largest absolute Gasteiger partial charge is 0.383 e. The second-order valence-corrected chi connectivity index (χ2v) is 8.18. The van der Waals surface area contributed by atoms with Gasteiger partial charge in [0.25, 0.3) is 0 Å². The first-order chi connectivity index (χ1) is 12.3. The normalized spacial score (nSPS) is 13.7. The highest BCUT2D eigenvalue weighted by atomic mass is 32.2. The SMILES string of the molecule is CCNC(=NCc1cccc(S(=O)(=O)NCCOC)c1)NC(C)C(C)C. The van der Waals surface area contributed by atoms with Crippen LogP contribution in [0.1, 0.15) is 33.3 Å². The maximum atomic E-state index is 12.3. The number of hydrogen-bond acceptors (Lipinski definition) is 4. The molecule has 0 heterocycles. The summed E-state index contributed by atoms with van der Waals surface area (Å²) in [5.74, 6) is 1.20. The van der Waals surface area contributed by atoms with Crippen molar-refractivity contribution in [2.75, 3.05) is 26.8 Å². The van der Waals surface area contributed by atoms with Gasteiger partial charge in [0.2, 0.25) is 10.0 Å². The first kappa shape index (κ1) is 22.4. The molecule has 0 radical (unpaired) electrons. The molecule has 1 unspecified atom stereocenters. The third-order valence-corrected chi connectivity index (χ3v) is 5.39. The number of hydrogen-bond donors (Lipinski definition) is 3. The summed E-state index contributed by atoms with van der Waals surface area (Å²) in [6.07, 6.45) is 0. The lowest BCUT2D eigenvalue weighted by Gasteiger charge is -2.20. The molecule has 0 aliphatic carbocycles. The van der Waals surface area contributed by atoms with Crippen LogP contribution in [0, 0.1) is 5.92 Å². The minimum absolute atomic E-state index is 0.231. The monoisotopic (exact) mass is 384 g/mol. The van der Waals surface area contributed by atoms with E-state index < -0.39 is 10.0 Å². The third kappa shape index (κ3) is 7.72. The van der Waals surface area contributed by atoms with Crippen molar-refractivity contribution in [1.29, 1.82) is 0 Å². The molecule has 8 heteroatoms. The lowest BCUT2D eigenvalue weighted by Crippen LogP contribution is -2.44. The highest BCUT2D eigenvalue weighted by Gasteiger charge is 2.14. The van der Waals surface area contributed by atoms with Gasteiger partial charge in [0.15, 0.2) is 5.96 Å². The van der Waals surface area contributed by atoms with Gasteiger partial charge in [-0.3, -0.25) is 0 Å². The molecule has 1 atom stereocenters. The molecule has 0 saturated heterocycles. The number of nitrogens with zero attached hydrogens (tertiary/aromatic N) is 1. The van der Waals surface area contributed by atoms with Crippen molar-refractivity contribution in [3.8, 4) is 0 Å². The minimum atomic E-state index is -3.54. The van der Waals surface area contributed by atoms with E-state index in [2.05, 4.69) is 41.1 Å². The van der Waals surface area contributed by atoms with E-state index in [-0.39, 0.29) is 17.5 Å². The summed E-state index contributed by atoms with van der Waals surface area (Å²) >= 11 is 0. The smallest absolute Gasteiger partial charge is 0.240 e. The van der Waals surface area contributed by atoms with Gasteiger partial charge < -0.3 is 15.4 Å². The Balaban J connectivity index is 2.85. The van der Waals surface area contributed by atoms with Gasteiger partial charge in [-0.15, -0.1) is 0 Å². The Hall–Kier alpha value is -1.64. The molecule has 0 aromatic heterocycles. The van der Waals surface area contributed by atoms with Crippen LogP contribution in [0.4, 0.5) is 0 Å². The van der Waals surface area contributed by atoms with Crippen molar-refractivity contribution in [3.05, 3.63) is 29.8 Å². The molecule has 0 fully saturated rings. The molecule has 7 nitrogen and oxygen atoms in total. The van der Waals surface area contributed by atoms with Gasteiger partial charge in [-0.1, -0.05) is 26.0 Å². The molecule has 1 aromatic rings. The fourth-order valence-corrected chi connectivity index (χ4v) is 3.13. The van der Waals surface area contributed by atoms with Crippen molar-refractivity contribution < 1.29 is 13.2 Å². The molecule has 3 N–H and O–H groups in total. The number of rotatable bonds is 10. The Kier molecular flexibility index (Phi) is 9.61. The van der Waals surface area contributed by atoms with Crippen molar-refractivity contribution in [2.45, 2.75) is 45.2 Å². The molecule has 0 bridgehead atoms. The van der Waals surface area contributed by atoms with Gasteiger partial charge in [-0.2, -0.15) is 0 Å². The molecule has 148 valence electrons. The predicted octanol–water partition coefficient (Wildman–Crippen LogP) is 1.71. The highest BCUT2D eigenvalue weighted by molar-refractivity contribution is 7.89. The summed E-state index contributed by atoms with van der Waals surface area (Å²) < 4.78 is 32.0. The summed E-state index contributed by atoms with van der Waals surface area (Å²) in [5.41, 5.74) is 0.828. The van der Waals surface area contributed by atoms with Gasteiger partial charge in [0.1, 0.15) is 0 Å². The maximum absolute atomic E-state index is 12.3. The predicted molar refractivity (Wildman–Crippen MR) is 106 cm³/mol. The van der Waals surface area contributed by atoms with Crippen LogP contribution in [0.15, 0.2) is 34.2 Å². The van der Waals surface area contributed by atoms with Gasteiger partial charge in [0.05, 0.1) is 18.0 Å². The van der Waals surface area contributed by atoms with E-state index in [0.717, 1.165) is 18.1 Å².